The predicted octanol–water partition coefficient (Wildman–Crippen LogP) is 2.27. The van der Waals surface area contributed by atoms with Crippen molar-refractivity contribution in [1.29, 1.82) is 0 Å². The number of nitrogens with one attached hydrogen (secondary N) is 2. The molecule has 0 saturated heterocycles. The van der Waals surface area contributed by atoms with Gasteiger partial charge < -0.3 is 19.9 Å². The second kappa shape index (κ2) is 9.30. The Labute approximate surface area is 175 Å². The Bertz CT molecular complexity index is 1050. The molecule has 0 aliphatic rings. The van der Waals surface area contributed by atoms with Gasteiger partial charge in [0.2, 0.25) is 0 Å². The minimum absolute atomic E-state index is 0.0385. The molecule has 0 saturated carbocycles. The molecular weight excluding hydrogens is 382 g/mol. The number of nitrogens with zero attached hydrogens (tertiary/aromatic N) is 3. The van der Waals surface area contributed by atoms with Crippen molar-refractivity contribution in [3.05, 3.63) is 65.1 Å². The van der Waals surface area contributed by atoms with E-state index in [0.717, 1.165) is 22.8 Å². The highest BCUT2D eigenvalue weighted by Crippen LogP contribution is 2.20. The number of ether oxygens (including phenoxy) is 1. The molecule has 8 nitrogen and oxygen atoms in total. The fraction of sp³-hybridized carbons (Fsp3) is 0.318. The summed E-state index contributed by atoms with van der Waals surface area (Å²) in [6.07, 6.45) is 1.87. The molecule has 0 aliphatic heterocycles. The molecule has 2 heterocycles. The third-order valence-corrected chi connectivity index (χ3v) is 4.70. The summed E-state index contributed by atoms with van der Waals surface area (Å²) in [5.74, 6) is 1.04. The lowest BCUT2D eigenvalue weighted by molar-refractivity contribution is -0.122. The Hall–Kier alpha value is -3.55. The van der Waals surface area contributed by atoms with E-state index in [9.17, 15) is 9.59 Å². The summed E-state index contributed by atoms with van der Waals surface area (Å²) in [6, 6.07) is 11.1. The molecule has 0 fully saturated rings. The number of carbonyl (C=O) groups is 2. The van der Waals surface area contributed by atoms with Crippen LogP contribution in [0.2, 0.25) is 0 Å². The highest BCUT2D eigenvalue weighted by Gasteiger charge is 2.17. The predicted molar refractivity (Wildman–Crippen MR) is 114 cm³/mol. The van der Waals surface area contributed by atoms with Gasteiger partial charge in [0.15, 0.2) is 12.4 Å². The van der Waals surface area contributed by atoms with E-state index >= 15 is 0 Å². The smallest absolute Gasteiger partial charge is 0.257 e. The molecule has 3 rings (SSSR count). The van der Waals surface area contributed by atoms with Crippen LogP contribution in [-0.2, 0) is 18.4 Å². The number of aryl methyl sites for hydroxylation is 2. The number of amides is 2. The van der Waals surface area contributed by atoms with Gasteiger partial charge in [-0.25, -0.2) is 0 Å². The maximum absolute atomic E-state index is 12.8. The topological polar surface area (TPSA) is 90.2 Å². The zero-order valence-electron chi connectivity index (χ0n) is 17.7. The largest absolute Gasteiger partial charge is 0.484 e. The highest BCUT2D eigenvalue weighted by atomic mass is 16.5. The molecule has 0 atom stereocenters. The number of hydrogen-bond acceptors (Lipinski definition) is 4. The third kappa shape index (κ3) is 4.89. The van der Waals surface area contributed by atoms with Gasteiger partial charge in [-0.2, -0.15) is 5.10 Å². The SMILES string of the molecule is CCNC(=O)COc1cccc(CNC(=O)c2cc(C)n(-c3ccn(C)n3)c2C)c1. The van der Waals surface area contributed by atoms with Crippen molar-refractivity contribution >= 4 is 11.8 Å². The van der Waals surface area contributed by atoms with Gasteiger partial charge in [0.25, 0.3) is 11.8 Å². The molecule has 0 spiro atoms. The van der Waals surface area contributed by atoms with Crippen molar-refractivity contribution in [2.75, 3.05) is 13.2 Å². The summed E-state index contributed by atoms with van der Waals surface area (Å²) in [6.45, 7) is 6.60. The average molecular weight is 409 g/mol. The lowest BCUT2D eigenvalue weighted by atomic mass is 10.2. The van der Waals surface area contributed by atoms with Crippen molar-refractivity contribution in [3.8, 4) is 11.6 Å². The molecule has 0 aliphatic carbocycles. The number of benzene rings is 1. The zero-order valence-corrected chi connectivity index (χ0v) is 17.7. The van der Waals surface area contributed by atoms with E-state index in [2.05, 4.69) is 15.7 Å². The van der Waals surface area contributed by atoms with E-state index in [4.69, 9.17) is 4.74 Å². The van der Waals surface area contributed by atoms with Crippen LogP contribution >= 0.6 is 0 Å². The molecule has 0 unspecified atom stereocenters. The molecule has 158 valence electrons. The van der Waals surface area contributed by atoms with Crippen LogP contribution in [0.3, 0.4) is 0 Å². The van der Waals surface area contributed by atoms with Gasteiger partial charge in [-0.1, -0.05) is 12.1 Å². The molecular formula is C22H27N5O3. The van der Waals surface area contributed by atoms with E-state index in [1.807, 2.05) is 68.9 Å². The standard InChI is InChI=1S/C22H27N5O3/c1-5-23-21(28)14-30-18-8-6-7-17(12-18)13-24-22(29)19-11-15(2)27(16(19)3)20-9-10-26(4)25-20/h6-12H,5,13-14H2,1-4H3,(H,23,28)(H,24,29). The summed E-state index contributed by atoms with van der Waals surface area (Å²) in [7, 11) is 1.86. The second-order valence-electron chi connectivity index (χ2n) is 7.04. The van der Waals surface area contributed by atoms with Gasteiger partial charge in [0.1, 0.15) is 5.75 Å². The van der Waals surface area contributed by atoms with Gasteiger partial charge >= 0.3 is 0 Å². The number of carbonyl (C=O) groups excluding carboxylic acids is 2. The summed E-state index contributed by atoms with van der Waals surface area (Å²) in [4.78, 5) is 24.3. The molecule has 0 radical (unpaired) electrons. The van der Waals surface area contributed by atoms with Crippen LogP contribution in [0.15, 0.2) is 42.6 Å². The fourth-order valence-corrected chi connectivity index (χ4v) is 3.29. The normalized spacial score (nSPS) is 10.7. The molecule has 2 amide bonds. The Morgan fingerprint density at radius 1 is 1.13 bits per heavy atom. The number of aromatic nitrogens is 3. The quantitative estimate of drug-likeness (QED) is 0.597. The minimum atomic E-state index is -0.167. The van der Waals surface area contributed by atoms with Crippen LogP contribution in [0, 0.1) is 13.8 Å². The zero-order chi connectivity index (χ0) is 21.7. The molecule has 0 bridgehead atoms. The number of hydrogen-bond donors (Lipinski definition) is 2. The Balaban J connectivity index is 1.65. The van der Waals surface area contributed by atoms with E-state index < -0.39 is 0 Å². The monoisotopic (exact) mass is 409 g/mol. The number of rotatable bonds is 8. The lowest BCUT2D eigenvalue weighted by Gasteiger charge is -2.09. The fourth-order valence-electron chi connectivity index (χ4n) is 3.29. The summed E-state index contributed by atoms with van der Waals surface area (Å²) >= 11 is 0. The maximum Gasteiger partial charge on any atom is 0.257 e. The third-order valence-electron chi connectivity index (χ3n) is 4.70. The molecule has 30 heavy (non-hydrogen) atoms. The average Bonchev–Trinajstić information content (AvgIpc) is 3.27. The molecule has 8 heteroatoms. The summed E-state index contributed by atoms with van der Waals surface area (Å²) in [5, 5.41) is 10.1. The Morgan fingerprint density at radius 3 is 2.63 bits per heavy atom. The van der Waals surface area contributed by atoms with Crippen LogP contribution in [0.1, 0.15) is 34.2 Å². The second-order valence-corrected chi connectivity index (χ2v) is 7.04. The molecule has 2 aromatic heterocycles. The van der Waals surface area contributed by atoms with E-state index in [0.29, 0.717) is 24.4 Å². The Morgan fingerprint density at radius 2 is 1.93 bits per heavy atom. The summed E-state index contributed by atoms with van der Waals surface area (Å²) < 4.78 is 9.20. The maximum atomic E-state index is 12.8. The summed E-state index contributed by atoms with van der Waals surface area (Å²) in [5.41, 5.74) is 3.27. The van der Waals surface area contributed by atoms with Crippen LogP contribution < -0.4 is 15.4 Å². The highest BCUT2D eigenvalue weighted by molar-refractivity contribution is 5.95. The van der Waals surface area contributed by atoms with Crippen LogP contribution in [0.4, 0.5) is 0 Å². The molecule has 1 aromatic carbocycles. The Kier molecular flexibility index (Phi) is 6.56. The van der Waals surface area contributed by atoms with Crippen LogP contribution in [0.5, 0.6) is 5.75 Å². The first-order valence-electron chi connectivity index (χ1n) is 9.84. The van der Waals surface area contributed by atoms with Gasteiger partial charge in [0, 0.05) is 43.8 Å². The minimum Gasteiger partial charge on any atom is -0.484 e. The first-order chi connectivity index (χ1) is 14.4. The van der Waals surface area contributed by atoms with Crippen molar-refractivity contribution in [2.24, 2.45) is 7.05 Å². The first-order valence-corrected chi connectivity index (χ1v) is 9.84. The van der Waals surface area contributed by atoms with Gasteiger partial charge in [-0.15, -0.1) is 0 Å². The van der Waals surface area contributed by atoms with Crippen molar-refractivity contribution < 1.29 is 14.3 Å². The number of likely N-dealkylation sites (N-methyl/N-ethyl adjacent to an activating group) is 1. The molecule has 2 N–H and O–H groups in total. The first kappa shape index (κ1) is 21.2. The van der Waals surface area contributed by atoms with Crippen molar-refractivity contribution in [3.63, 3.8) is 0 Å². The molecule has 3 aromatic rings. The van der Waals surface area contributed by atoms with Gasteiger partial charge in [0.05, 0.1) is 5.56 Å². The van der Waals surface area contributed by atoms with Gasteiger partial charge in [-0.3, -0.25) is 14.3 Å². The van der Waals surface area contributed by atoms with E-state index in [1.54, 1.807) is 10.7 Å². The van der Waals surface area contributed by atoms with E-state index in [-0.39, 0.29) is 18.4 Å². The van der Waals surface area contributed by atoms with Crippen LogP contribution in [-0.4, -0.2) is 39.3 Å². The van der Waals surface area contributed by atoms with E-state index in [1.165, 1.54) is 0 Å². The van der Waals surface area contributed by atoms with Gasteiger partial charge in [-0.05, 0) is 44.5 Å². The lowest BCUT2D eigenvalue weighted by Crippen LogP contribution is -2.28. The van der Waals surface area contributed by atoms with Crippen molar-refractivity contribution in [1.82, 2.24) is 25.0 Å². The van der Waals surface area contributed by atoms with Crippen molar-refractivity contribution in [2.45, 2.75) is 27.3 Å². The van der Waals surface area contributed by atoms with Crippen LogP contribution in [0.25, 0.3) is 5.82 Å².